The summed E-state index contributed by atoms with van der Waals surface area (Å²) in [6.45, 7) is 6.29. The number of carbonyl (C=O) groups excluding carboxylic acids is 2. The molecular weight excluding hydrogens is 368 g/mol. The zero-order valence-electron chi connectivity index (χ0n) is 17.0. The number of benzene rings is 1. The number of aliphatic hydroxyl groups is 1. The third-order valence-electron chi connectivity index (χ3n) is 7.18. The first kappa shape index (κ1) is 18.8. The summed E-state index contributed by atoms with van der Waals surface area (Å²) in [5.74, 6) is -0.874. The lowest BCUT2D eigenvalue weighted by Crippen LogP contribution is -2.49. The molecule has 3 fully saturated rings. The van der Waals surface area contributed by atoms with Crippen molar-refractivity contribution in [2.24, 2.45) is 11.8 Å². The number of amides is 2. The van der Waals surface area contributed by atoms with Crippen LogP contribution in [0.25, 0.3) is 0 Å². The van der Waals surface area contributed by atoms with Crippen LogP contribution < -0.4 is 0 Å². The first-order chi connectivity index (χ1) is 13.9. The monoisotopic (exact) mass is 396 g/mol. The second-order valence-electron chi connectivity index (χ2n) is 9.07. The van der Waals surface area contributed by atoms with Crippen molar-refractivity contribution in [3.63, 3.8) is 0 Å². The van der Waals surface area contributed by atoms with Crippen LogP contribution in [0.3, 0.4) is 0 Å². The van der Waals surface area contributed by atoms with Gasteiger partial charge in [0.15, 0.2) is 0 Å². The maximum absolute atomic E-state index is 13.4. The van der Waals surface area contributed by atoms with Gasteiger partial charge in [-0.05, 0) is 43.4 Å². The second-order valence-corrected chi connectivity index (χ2v) is 9.07. The molecule has 4 atom stereocenters. The van der Waals surface area contributed by atoms with E-state index in [-0.39, 0.29) is 24.0 Å². The standard InChI is InChI=1S/C23H28N2O4/c1-14-3-4-16(11-15(14)2)12-25-13-23-8-5-18(29-23)19(20(23)22(25)28)21(27)24-9-6-17(26)7-10-24/h3-5,8,11,17-20,26H,6-7,9-10,12-13H2,1-2H3/t18-,19+,20+,23-/m0/s1. The summed E-state index contributed by atoms with van der Waals surface area (Å²) < 4.78 is 6.24. The number of aliphatic hydroxyl groups excluding tert-OH is 1. The molecule has 0 saturated carbocycles. The molecular formula is C23H28N2O4. The maximum atomic E-state index is 13.4. The third kappa shape index (κ3) is 2.92. The lowest BCUT2D eigenvalue weighted by molar-refractivity contribution is -0.144. The van der Waals surface area contributed by atoms with Crippen molar-refractivity contribution in [1.29, 1.82) is 0 Å². The quantitative estimate of drug-likeness (QED) is 0.788. The number of rotatable bonds is 3. The zero-order valence-corrected chi connectivity index (χ0v) is 17.0. The van der Waals surface area contributed by atoms with E-state index in [1.165, 1.54) is 11.1 Å². The van der Waals surface area contributed by atoms with E-state index in [4.69, 9.17) is 4.74 Å². The molecule has 0 radical (unpaired) electrons. The Morgan fingerprint density at radius 3 is 2.72 bits per heavy atom. The van der Waals surface area contributed by atoms with E-state index in [1.807, 2.05) is 22.0 Å². The molecule has 1 aromatic carbocycles. The molecule has 4 aliphatic rings. The molecule has 0 aromatic heterocycles. The van der Waals surface area contributed by atoms with Crippen LogP contribution in [-0.4, -0.2) is 64.2 Å². The molecule has 4 heterocycles. The van der Waals surface area contributed by atoms with Gasteiger partial charge in [-0.15, -0.1) is 0 Å². The van der Waals surface area contributed by atoms with Gasteiger partial charge in [-0.3, -0.25) is 9.59 Å². The van der Waals surface area contributed by atoms with Crippen molar-refractivity contribution in [2.45, 2.75) is 51.0 Å². The molecule has 6 nitrogen and oxygen atoms in total. The van der Waals surface area contributed by atoms with Crippen LogP contribution in [0, 0.1) is 25.7 Å². The van der Waals surface area contributed by atoms with Crippen LogP contribution in [0.4, 0.5) is 0 Å². The first-order valence-corrected chi connectivity index (χ1v) is 10.6. The number of likely N-dealkylation sites (tertiary alicyclic amines) is 2. The predicted octanol–water partition coefficient (Wildman–Crippen LogP) is 1.57. The predicted molar refractivity (Wildman–Crippen MR) is 107 cm³/mol. The summed E-state index contributed by atoms with van der Waals surface area (Å²) in [6, 6.07) is 6.28. The average molecular weight is 396 g/mol. The number of ether oxygens (including phenoxy) is 1. The van der Waals surface area contributed by atoms with E-state index in [0.29, 0.717) is 39.0 Å². The van der Waals surface area contributed by atoms with Gasteiger partial charge in [0.1, 0.15) is 5.60 Å². The summed E-state index contributed by atoms with van der Waals surface area (Å²) in [6.07, 6.45) is 4.52. The minimum atomic E-state index is -0.670. The molecule has 3 saturated heterocycles. The van der Waals surface area contributed by atoms with Gasteiger partial charge in [0.25, 0.3) is 0 Å². The minimum Gasteiger partial charge on any atom is -0.393 e. The van der Waals surface area contributed by atoms with Gasteiger partial charge in [0.05, 0.1) is 30.6 Å². The van der Waals surface area contributed by atoms with E-state index in [2.05, 4.69) is 32.0 Å². The van der Waals surface area contributed by atoms with Crippen molar-refractivity contribution in [3.8, 4) is 0 Å². The highest BCUT2D eigenvalue weighted by Crippen LogP contribution is 2.52. The molecule has 1 aromatic rings. The van der Waals surface area contributed by atoms with Gasteiger partial charge < -0.3 is 19.6 Å². The van der Waals surface area contributed by atoms with E-state index < -0.39 is 17.4 Å². The van der Waals surface area contributed by atoms with Crippen LogP contribution in [-0.2, 0) is 20.9 Å². The van der Waals surface area contributed by atoms with Crippen molar-refractivity contribution in [2.75, 3.05) is 19.6 Å². The fourth-order valence-corrected chi connectivity index (χ4v) is 5.41. The van der Waals surface area contributed by atoms with Crippen LogP contribution in [0.5, 0.6) is 0 Å². The lowest BCUT2D eigenvalue weighted by atomic mass is 9.76. The van der Waals surface area contributed by atoms with E-state index >= 15 is 0 Å². The summed E-state index contributed by atoms with van der Waals surface area (Å²) >= 11 is 0. The average Bonchev–Trinajstić information content (AvgIpc) is 3.33. The molecule has 5 rings (SSSR count). The molecule has 154 valence electrons. The van der Waals surface area contributed by atoms with Crippen LogP contribution >= 0.6 is 0 Å². The molecule has 0 unspecified atom stereocenters. The van der Waals surface area contributed by atoms with Gasteiger partial charge in [0, 0.05) is 19.6 Å². The first-order valence-electron chi connectivity index (χ1n) is 10.6. The van der Waals surface area contributed by atoms with Gasteiger partial charge in [-0.1, -0.05) is 30.4 Å². The minimum absolute atomic E-state index is 0.000458. The van der Waals surface area contributed by atoms with Gasteiger partial charge >= 0.3 is 0 Å². The Morgan fingerprint density at radius 2 is 2.00 bits per heavy atom. The number of carbonyl (C=O) groups is 2. The highest BCUT2D eigenvalue weighted by molar-refractivity contribution is 5.93. The molecule has 1 spiro atoms. The maximum Gasteiger partial charge on any atom is 0.230 e. The molecule has 29 heavy (non-hydrogen) atoms. The van der Waals surface area contributed by atoms with Crippen LogP contribution in [0.1, 0.15) is 29.5 Å². The topological polar surface area (TPSA) is 70.1 Å². The highest BCUT2D eigenvalue weighted by atomic mass is 16.5. The normalized spacial score (nSPS) is 33.6. The Kier molecular flexibility index (Phi) is 4.33. The smallest absolute Gasteiger partial charge is 0.230 e. The SMILES string of the molecule is Cc1ccc(CN2C[C@]34C=C[C@H](O3)[C@@H](C(=O)N3CCC(O)CC3)[C@@H]4C2=O)cc1C. The number of hydrogen-bond acceptors (Lipinski definition) is 4. The van der Waals surface area contributed by atoms with Gasteiger partial charge in [-0.25, -0.2) is 0 Å². The molecule has 1 N–H and O–H groups in total. The highest BCUT2D eigenvalue weighted by Gasteiger charge is 2.67. The number of fused-ring (bicyclic) bond motifs is 1. The second kappa shape index (κ2) is 6.67. The van der Waals surface area contributed by atoms with Crippen LogP contribution in [0.15, 0.2) is 30.4 Å². The van der Waals surface area contributed by atoms with Crippen molar-refractivity contribution in [1.82, 2.24) is 9.80 Å². The molecule has 4 aliphatic heterocycles. The fourth-order valence-electron chi connectivity index (χ4n) is 5.41. The third-order valence-corrected chi connectivity index (χ3v) is 7.18. The molecule has 2 bridgehead atoms. The van der Waals surface area contributed by atoms with Gasteiger partial charge in [-0.2, -0.15) is 0 Å². The Balaban J connectivity index is 1.37. The lowest BCUT2D eigenvalue weighted by Gasteiger charge is -2.34. The zero-order chi connectivity index (χ0) is 20.3. The molecule has 0 aliphatic carbocycles. The Labute approximate surface area is 171 Å². The Morgan fingerprint density at radius 1 is 1.24 bits per heavy atom. The van der Waals surface area contributed by atoms with Crippen LogP contribution in [0.2, 0.25) is 0 Å². The fraction of sp³-hybridized carbons (Fsp3) is 0.565. The summed E-state index contributed by atoms with van der Waals surface area (Å²) in [5.41, 5.74) is 2.88. The van der Waals surface area contributed by atoms with E-state index in [9.17, 15) is 14.7 Å². The molecule has 2 amide bonds. The largest absolute Gasteiger partial charge is 0.393 e. The summed E-state index contributed by atoms with van der Waals surface area (Å²) in [5, 5.41) is 9.75. The van der Waals surface area contributed by atoms with Crippen molar-refractivity contribution in [3.05, 3.63) is 47.0 Å². The van der Waals surface area contributed by atoms with E-state index in [0.717, 1.165) is 5.56 Å². The van der Waals surface area contributed by atoms with Crippen molar-refractivity contribution >= 4 is 11.8 Å². The summed E-state index contributed by atoms with van der Waals surface area (Å²) in [4.78, 5) is 30.3. The molecule has 6 heteroatoms. The number of nitrogens with zero attached hydrogens (tertiary/aromatic N) is 2. The van der Waals surface area contributed by atoms with E-state index in [1.54, 1.807) is 0 Å². The summed E-state index contributed by atoms with van der Waals surface area (Å²) in [7, 11) is 0. The number of hydrogen-bond donors (Lipinski definition) is 1. The van der Waals surface area contributed by atoms with Crippen molar-refractivity contribution < 1.29 is 19.4 Å². The Hall–Kier alpha value is -2.18. The Bertz CT molecular complexity index is 889. The number of piperidine rings is 1. The number of aryl methyl sites for hydroxylation is 2. The van der Waals surface area contributed by atoms with Gasteiger partial charge in [0.2, 0.25) is 11.8 Å².